The molecule has 0 saturated carbocycles. The fourth-order valence-corrected chi connectivity index (χ4v) is 5.92. The van der Waals surface area contributed by atoms with E-state index in [1.54, 1.807) is 0 Å². The number of hydrogen-bond acceptors (Lipinski definition) is 10. The van der Waals surface area contributed by atoms with Crippen LogP contribution in [0.3, 0.4) is 0 Å². The molecule has 0 bridgehead atoms. The van der Waals surface area contributed by atoms with Crippen molar-refractivity contribution in [1.82, 2.24) is 31.5 Å². The Labute approximate surface area is 308 Å². The Morgan fingerprint density at radius 2 is 1.19 bits per heavy atom. The third kappa shape index (κ3) is 15.8. The molecule has 0 aromatic heterocycles. The monoisotopic (exact) mass is 751 g/mol. The van der Waals surface area contributed by atoms with Crippen LogP contribution < -0.4 is 61.0 Å². The van der Waals surface area contributed by atoms with Gasteiger partial charge in [-0.15, -0.1) is 0 Å². The number of amides is 5. The van der Waals surface area contributed by atoms with E-state index in [1.807, 2.05) is 0 Å². The number of likely N-dealkylation sites (tertiary alicyclic amines) is 1. The minimum atomic E-state index is -1.29. The Morgan fingerprint density at radius 1 is 0.698 bits per heavy atom. The number of nitrogens with two attached hydrogens (primary N) is 6. The summed E-state index contributed by atoms with van der Waals surface area (Å²) in [6.07, 6.45) is 3.47. The summed E-state index contributed by atoms with van der Waals surface area (Å²) in [5.41, 5.74) is 32.3. The van der Waals surface area contributed by atoms with E-state index in [9.17, 15) is 33.9 Å². The van der Waals surface area contributed by atoms with Gasteiger partial charge in [-0.25, -0.2) is 4.79 Å². The lowest BCUT2D eigenvalue weighted by molar-refractivity contribution is -0.142. The number of guanidine groups is 3. The molecule has 0 spiro atoms. The van der Waals surface area contributed by atoms with Gasteiger partial charge in [0.15, 0.2) is 17.9 Å². The topological polar surface area (TPSA) is 379 Å². The average molecular weight is 752 g/mol. The predicted molar refractivity (Wildman–Crippen MR) is 197 cm³/mol. The van der Waals surface area contributed by atoms with E-state index in [0.717, 1.165) is 6.42 Å². The van der Waals surface area contributed by atoms with E-state index >= 15 is 0 Å². The van der Waals surface area contributed by atoms with Crippen molar-refractivity contribution in [3.8, 4) is 0 Å². The SMILES string of the molecule is C[C@H](NC(=O)[C@H](CCCN=C(N)N)NC(=O)[C@H](CCCN=C(N)N)NC(=O)[C@@H]1CCCN1C(=O)[C@@H]1CCCN1)C(=O)N[C@@H](CCCN=C(N)N)C(=O)O. The molecule has 0 aliphatic carbocycles. The molecule has 0 unspecified atom stereocenters. The van der Waals surface area contributed by atoms with Crippen LogP contribution in [0.2, 0.25) is 0 Å². The first kappa shape index (κ1) is 43.8. The number of nitrogens with one attached hydrogen (secondary N) is 5. The zero-order valence-electron chi connectivity index (χ0n) is 30.2. The molecule has 2 aliphatic heterocycles. The molecule has 0 aromatic carbocycles. The normalized spacial score (nSPS) is 18.7. The van der Waals surface area contributed by atoms with E-state index in [0.29, 0.717) is 32.4 Å². The Hall–Kier alpha value is -5.41. The number of carbonyl (C=O) groups excluding carboxylic acids is 5. The quantitative estimate of drug-likeness (QED) is 0.0280. The van der Waals surface area contributed by atoms with Gasteiger partial charge in [-0.2, -0.15) is 0 Å². The van der Waals surface area contributed by atoms with Crippen molar-refractivity contribution in [2.75, 3.05) is 32.7 Å². The van der Waals surface area contributed by atoms with E-state index in [2.05, 4.69) is 41.6 Å². The number of rotatable bonds is 22. The first-order valence-corrected chi connectivity index (χ1v) is 17.7. The summed E-state index contributed by atoms with van der Waals surface area (Å²) in [5.74, 6) is -4.68. The number of nitrogens with zero attached hydrogens (tertiary/aromatic N) is 4. The van der Waals surface area contributed by atoms with Crippen molar-refractivity contribution in [3.63, 3.8) is 0 Å². The van der Waals surface area contributed by atoms with Crippen LogP contribution in [0.15, 0.2) is 15.0 Å². The number of carboxylic acids is 1. The van der Waals surface area contributed by atoms with Gasteiger partial charge in [0.2, 0.25) is 29.5 Å². The molecule has 6 atom stereocenters. The maximum Gasteiger partial charge on any atom is 0.326 e. The van der Waals surface area contributed by atoms with Crippen LogP contribution in [0.4, 0.5) is 0 Å². The van der Waals surface area contributed by atoms with E-state index in [-0.39, 0.29) is 88.0 Å². The number of carbonyl (C=O) groups is 6. The predicted octanol–water partition coefficient (Wildman–Crippen LogP) is -5.07. The molecule has 2 rings (SSSR count). The molecule has 298 valence electrons. The van der Waals surface area contributed by atoms with Gasteiger partial charge in [-0.1, -0.05) is 0 Å². The molecule has 53 heavy (non-hydrogen) atoms. The van der Waals surface area contributed by atoms with Crippen LogP contribution in [0.5, 0.6) is 0 Å². The summed E-state index contributed by atoms with van der Waals surface area (Å²) in [6.45, 7) is 2.91. The standard InChI is InChI=1S/C31H57N15O7/c1-17(23(47)45-21(28(52)53)10-5-15-41-31(36)37)42-24(48)18(7-2-13-39-29(32)33)43-25(49)19(8-3-14-40-30(34)35)44-26(50)22-11-6-16-46(22)27(51)20-9-4-12-38-20/h17-22,38H,2-16H2,1H3,(H,42,48)(H,43,49)(H,44,50)(H,45,47)(H,52,53)(H4,32,33,39)(H4,34,35,40)(H4,36,37,41)/t17-,18-,19-,20-,21-,22-/m0/s1. The zero-order chi connectivity index (χ0) is 39.5. The lowest BCUT2D eigenvalue weighted by atomic mass is 10.1. The third-order valence-corrected chi connectivity index (χ3v) is 8.67. The van der Waals surface area contributed by atoms with Gasteiger partial charge in [0.05, 0.1) is 6.04 Å². The van der Waals surface area contributed by atoms with Crippen LogP contribution >= 0.6 is 0 Å². The van der Waals surface area contributed by atoms with Gasteiger partial charge >= 0.3 is 5.97 Å². The molecule has 5 amide bonds. The summed E-state index contributed by atoms with van der Waals surface area (Å²) in [5, 5.41) is 23.1. The lowest BCUT2D eigenvalue weighted by Gasteiger charge is -2.29. The van der Waals surface area contributed by atoms with Crippen LogP contribution in [-0.4, -0.2) is 132 Å². The molecule has 2 fully saturated rings. The summed E-state index contributed by atoms with van der Waals surface area (Å²) < 4.78 is 0. The van der Waals surface area contributed by atoms with E-state index < -0.39 is 59.8 Å². The van der Waals surface area contributed by atoms with Gasteiger partial charge in [0.25, 0.3) is 0 Å². The molecule has 2 heterocycles. The second kappa shape index (κ2) is 22.5. The fraction of sp³-hybridized carbons (Fsp3) is 0.710. The molecule has 22 heteroatoms. The molecule has 22 nitrogen and oxygen atoms in total. The Bertz CT molecular complexity index is 1360. The molecule has 2 aliphatic rings. The van der Waals surface area contributed by atoms with Gasteiger partial charge in [0.1, 0.15) is 30.2 Å². The van der Waals surface area contributed by atoms with Gasteiger partial charge in [-0.3, -0.25) is 38.9 Å². The second-order valence-corrected chi connectivity index (χ2v) is 12.9. The minimum absolute atomic E-state index is 0.0164. The van der Waals surface area contributed by atoms with Crippen molar-refractivity contribution in [2.45, 2.75) is 107 Å². The van der Waals surface area contributed by atoms with Crippen molar-refractivity contribution >= 4 is 53.4 Å². The fourth-order valence-electron chi connectivity index (χ4n) is 5.92. The molecular formula is C31H57N15O7. The van der Waals surface area contributed by atoms with Crippen LogP contribution in [0.25, 0.3) is 0 Å². The summed E-state index contributed by atoms with van der Waals surface area (Å²) in [4.78, 5) is 91.9. The van der Waals surface area contributed by atoms with Crippen molar-refractivity contribution in [3.05, 3.63) is 0 Å². The number of hydrogen-bond donors (Lipinski definition) is 12. The maximum absolute atomic E-state index is 13.8. The van der Waals surface area contributed by atoms with Gasteiger partial charge < -0.3 is 71.0 Å². The Balaban J connectivity index is 2.19. The zero-order valence-corrected chi connectivity index (χ0v) is 30.2. The lowest BCUT2D eigenvalue weighted by Crippen LogP contribution is -2.58. The molecule has 18 N–H and O–H groups in total. The first-order valence-electron chi connectivity index (χ1n) is 17.7. The highest BCUT2D eigenvalue weighted by Crippen LogP contribution is 2.21. The highest BCUT2D eigenvalue weighted by molar-refractivity contribution is 5.96. The number of carboxylic acid groups (broad SMARTS) is 1. The maximum atomic E-state index is 13.8. The first-order chi connectivity index (χ1) is 25.1. The van der Waals surface area contributed by atoms with E-state index in [4.69, 9.17) is 34.4 Å². The second-order valence-electron chi connectivity index (χ2n) is 12.9. The third-order valence-electron chi connectivity index (χ3n) is 8.67. The van der Waals surface area contributed by atoms with E-state index in [1.165, 1.54) is 11.8 Å². The molecular weight excluding hydrogens is 694 g/mol. The smallest absolute Gasteiger partial charge is 0.326 e. The number of aliphatic carboxylic acids is 1. The van der Waals surface area contributed by atoms with Crippen LogP contribution in [-0.2, 0) is 28.8 Å². The van der Waals surface area contributed by atoms with Gasteiger partial charge in [0, 0.05) is 26.2 Å². The highest BCUT2D eigenvalue weighted by Gasteiger charge is 2.39. The largest absolute Gasteiger partial charge is 0.480 e. The minimum Gasteiger partial charge on any atom is -0.480 e. The summed E-state index contributed by atoms with van der Waals surface area (Å²) >= 11 is 0. The molecule has 2 saturated heterocycles. The van der Waals surface area contributed by atoms with Crippen LogP contribution in [0.1, 0.15) is 71.1 Å². The number of aliphatic imine (C=N–C) groups is 3. The summed E-state index contributed by atoms with van der Waals surface area (Å²) in [7, 11) is 0. The molecule has 0 radical (unpaired) electrons. The highest BCUT2D eigenvalue weighted by atomic mass is 16.4. The van der Waals surface area contributed by atoms with Crippen molar-refractivity contribution in [2.24, 2.45) is 49.4 Å². The van der Waals surface area contributed by atoms with Gasteiger partial charge in [-0.05, 0) is 77.7 Å². The average Bonchev–Trinajstić information content (AvgIpc) is 3.81. The summed E-state index contributed by atoms with van der Waals surface area (Å²) in [6, 6.07) is -6.02. The van der Waals surface area contributed by atoms with Crippen molar-refractivity contribution < 1.29 is 33.9 Å². The Kier molecular flexibility index (Phi) is 18.6. The Morgan fingerprint density at radius 3 is 1.68 bits per heavy atom. The van der Waals surface area contributed by atoms with Crippen LogP contribution in [0, 0.1) is 0 Å². The van der Waals surface area contributed by atoms with Crippen molar-refractivity contribution in [1.29, 1.82) is 0 Å². The molecule has 0 aromatic rings.